The van der Waals surface area contributed by atoms with E-state index in [0.717, 1.165) is 21.4 Å². The Morgan fingerprint density at radius 1 is 1.04 bits per heavy atom. The summed E-state index contributed by atoms with van der Waals surface area (Å²) >= 11 is 19.3. The molecule has 0 N–H and O–H groups in total. The maximum Gasteiger partial charge on any atom is 0.296 e. The van der Waals surface area contributed by atoms with E-state index < -0.39 is 5.56 Å². The molecule has 0 aliphatic carbocycles. The molecular formula is C19H10Cl3N3O2S. The summed E-state index contributed by atoms with van der Waals surface area (Å²) in [6, 6.07) is 12.1. The van der Waals surface area contributed by atoms with Crippen molar-refractivity contribution in [2.24, 2.45) is 0 Å². The van der Waals surface area contributed by atoms with Crippen LogP contribution in [0.4, 0.5) is 0 Å². The smallest absolute Gasteiger partial charge is 0.266 e. The van der Waals surface area contributed by atoms with E-state index in [4.69, 9.17) is 34.8 Å². The topological polar surface area (TPSA) is 64.3 Å². The van der Waals surface area contributed by atoms with Crippen molar-refractivity contribution in [2.45, 2.75) is 6.42 Å². The van der Waals surface area contributed by atoms with E-state index in [1.54, 1.807) is 42.5 Å². The lowest BCUT2D eigenvalue weighted by molar-refractivity contribution is 0.811. The second-order valence-electron chi connectivity index (χ2n) is 5.91. The quantitative estimate of drug-likeness (QED) is 0.478. The molecule has 0 unspecified atom stereocenters. The molecule has 0 saturated heterocycles. The van der Waals surface area contributed by atoms with Crippen molar-refractivity contribution in [3.63, 3.8) is 0 Å². The highest BCUT2D eigenvalue weighted by Crippen LogP contribution is 2.21. The molecule has 0 radical (unpaired) electrons. The summed E-state index contributed by atoms with van der Waals surface area (Å²) in [4.78, 5) is 29.3. The van der Waals surface area contributed by atoms with Gasteiger partial charge in [-0.3, -0.25) is 9.59 Å². The third kappa shape index (κ3) is 3.69. The third-order valence-corrected chi connectivity index (χ3v) is 5.91. The summed E-state index contributed by atoms with van der Waals surface area (Å²) in [6.45, 7) is 0. The van der Waals surface area contributed by atoms with Gasteiger partial charge in [0.1, 0.15) is 5.69 Å². The molecule has 0 atom stereocenters. The summed E-state index contributed by atoms with van der Waals surface area (Å²) in [7, 11) is 0. The molecule has 2 aromatic heterocycles. The summed E-state index contributed by atoms with van der Waals surface area (Å²) in [5, 5.41) is 5.65. The van der Waals surface area contributed by atoms with Gasteiger partial charge in [-0.05, 0) is 35.4 Å². The molecule has 0 aliphatic rings. The van der Waals surface area contributed by atoms with Gasteiger partial charge in [-0.15, -0.1) is 0 Å². The first-order chi connectivity index (χ1) is 13.4. The van der Waals surface area contributed by atoms with E-state index in [0.29, 0.717) is 25.2 Å². The van der Waals surface area contributed by atoms with E-state index >= 15 is 0 Å². The monoisotopic (exact) mass is 449 g/mol. The second-order valence-corrected chi connectivity index (χ2v) is 8.17. The molecule has 2 aromatic carbocycles. The Balaban J connectivity index is 1.84. The lowest BCUT2D eigenvalue weighted by Gasteiger charge is -2.02. The van der Waals surface area contributed by atoms with Gasteiger partial charge in [-0.2, -0.15) is 14.6 Å². The largest absolute Gasteiger partial charge is 0.296 e. The highest BCUT2D eigenvalue weighted by atomic mass is 35.5. The van der Waals surface area contributed by atoms with Crippen molar-refractivity contribution in [3.8, 4) is 0 Å². The van der Waals surface area contributed by atoms with Crippen LogP contribution in [0.1, 0.15) is 16.8 Å². The number of benzene rings is 2. The molecular weight excluding hydrogens is 441 g/mol. The second kappa shape index (κ2) is 7.64. The zero-order valence-electron chi connectivity index (χ0n) is 14.0. The fraction of sp³-hybridized carbons (Fsp3) is 0.0526. The van der Waals surface area contributed by atoms with Crippen LogP contribution in [0.5, 0.6) is 0 Å². The average molecular weight is 451 g/mol. The zero-order valence-corrected chi connectivity index (χ0v) is 17.1. The fourth-order valence-electron chi connectivity index (χ4n) is 2.63. The van der Waals surface area contributed by atoms with Crippen LogP contribution >= 0.6 is 46.1 Å². The van der Waals surface area contributed by atoms with Gasteiger partial charge in [0.25, 0.3) is 11.1 Å². The van der Waals surface area contributed by atoms with Crippen LogP contribution in [0.3, 0.4) is 0 Å². The zero-order chi connectivity index (χ0) is 19.8. The van der Waals surface area contributed by atoms with Crippen molar-refractivity contribution in [3.05, 3.63) is 99.6 Å². The van der Waals surface area contributed by atoms with Crippen LogP contribution in [0.2, 0.25) is 15.1 Å². The van der Waals surface area contributed by atoms with E-state index in [2.05, 4.69) is 10.1 Å². The first-order valence-corrected chi connectivity index (χ1v) is 10.0. The number of fused-ring (bicyclic) bond motifs is 1. The van der Waals surface area contributed by atoms with Gasteiger partial charge in [0.15, 0.2) is 0 Å². The van der Waals surface area contributed by atoms with Crippen molar-refractivity contribution in [1.82, 2.24) is 14.6 Å². The Morgan fingerprint density at radius 2 is 1.82 bits per heavy atom. The number of hydrogen-bond donors (Lipinski definition) is 0. The van der Waals surface area contributed by atoms with E-state index in [1.807, 2.05) is 6.07 Å². The lowest BCUT2D eigenvalue weighted by Crippen LogP contribution is -2.28. The molecule has 2 heterocycles. The SMILES string of the molecule is O=c1nc2s/c(=C\c3ccc(Cl)cc3Cl)c(=O)n2nc1Cc1ccccc1Cl. The van der Waals surface area contributed by atoms with Crippen LogP contribution in [-0.4, -0.2) is 14.6 Å². The number of halogens is 3. The summed E-state index contributed by atoms with van der Waals surface area (Å²) in [5.74, 6) is 0. The van der Waals surface area contributed by atoms with Crippen LogP contribution < -0.4 is 15.7 Å². The Kier molecular flexibility index (Phi) is 5.21. The number of nitrogens with zero attached hydrogens (tertiary/aromatic N) is 3. The van der Waals surface area contributed by atoms with Crippen molar-refractivity contribution >= 4 is 57.2 Å². The standard InChI is InChI=1S/C19H10Cl3N3O2S/c20-12-6-5-11(14(22)9-12)8-16-18(27)25-19(28-16)23-17(26)15(24-25)7-10-3-1-2-4-13(10)21/h1-6,8-9H,7H2/b16-8-. The van der Waals surface area contributed by atoms with Gasteiger partial charge in [-0.25, -0.2) is 0 Å². The normalized spacial score (nSPS) is 12.0. The first-order valence-electron chi connectivity index (χ1n) is 8.05. The highest BCUT2D eigenvalue weighted by molar-refractivity contribution is 7.15. The van der Waals surface area contributed by atoms with Crippen molar-refractivity contribution in [2.75, 3.05) is 0 Å². The summed E-state index contributed by atoms with van der Waals surface area (Å²) in [6.07, 6.45) is 1.81. The molecule has 5 nitrogen and oxygen atoms in total. The molecule has 0 fully saturated rings. The van der Waals surface area contributed by atoms with Crippen LogP contribution in [0.15, 0.2) is 52.1 Å². The number of rotatable bonds is 3. The van der Waals surface area contributed by atoms with Gasteiger partial charge in [0.05, 0.1) is 4.53 Å². The van der Waals surface area contributed by atoms with Gasteiger partial charge >= 0.3 is 0 Å². The van der Waals surface area contributed by atoms with E-state index in [9.17, 15) is 9.59 Å². The molecule has 0 spiro atoms. The molecule has 4 rings (SSSR count). The third-order valence-electron chi connectivity index (χ3n) is 4.02. The Labute approximate surface area is 177 Å². The summed E-state index contributed by atoms with van der Waals surface area (Å²) < 4.78 is 1.49. The predicted octanol–water partition coefficient (Wildman–Crippen LogP) is 3.61. The van der Waals surface area contributed by atoms with Gasteiger partial charge < -0.3 is 0 Å². The summed E-state index contributed by atoms with van der Waals surface area (Å²) in [5.41, 5.74) is 0.652. The first kappa shape index (κ1) is 19.1. The predicted molar refractivity (Wildman–Crippen MR) is 113 cm³/mol. The molecule has 0 saturated carbocycles. The molecule has 140 valence electrons. The fourth-order valence-corrected chi connectivity index (χ4v) is 4.19. The Hall–Kier alpha value is -2.25. The van der Waals surface area contributed by atoms with Crippen molar-refractivity contribution < 1.29 is 0 Å². The molecule has 4 aromatic rings. The molecule has 0 amide bonds. The van der Waals surface area contributed by atoms with Gasteiger partial charge in [-0.1, -0.05) is 70.4 Å². The van der Waals surface area contributed by atoms with Crippen LogP contribution in [0.25, 0.3) is 11.0 Å². The molecule has 0 bridgehead atoms. The average Bonchev–Trinajstić information content (AvgIpc) is 2.94. The lowest BCUT2D eigenvalue weighted by atomic mass is 10.1. The molecule has 28 heavy (non-hydrogen) atoms. The Bertz CT molecular complexity index is 1380. The maximum atomic E-state index is 12.7. The van der Waals surface area contributed by atoms with E-state index in [-0.39, 0.29) is 22.6 Å². The minimum atomic E-state index is -0.489. The minimum absolute atomic E-state index is 0.150. The van der Waals surface area contributed by atoms with Gasteiger partial charge in [0, 0.05) is 21.5 Å². The van der Waals surface area contributed by atoms with Gasteiger partial charge in [0.2, 0.25) is 4.96 Å². The number of thiazole rings is 1. The highest BCUT2D eigenvalue weighted by Gasteiger charge is 2.13. The van der Waals surface area contributed by atoms with Crippen LogP contribution in [-0.2, 0) is 6.42 Å². The van der Waals surface area contributed by atoms with Crippen molar-refractivity contribution in [1.29, 1.82) is 0 Å². The van der Waals surface area contributed by atoms with Crippen LogP contribution in [0, 0.1) is 0 Å². The Morgan fingerprint density at radius 3 is 2.57 bits per heavy atom. The maximum absolute atomic E-state index is 12.7. The number of hydrogen-bond acceptors (Lipinski definition) is 5. The minimum Gasteiger partial charge on any atom is -0.266 e. The van der Waals surface area contributed by atoms with E-state index in [1.165, 1.54) is 0 Å². The molecule has 9 heteroatoms. The number of aromatic nitrogens is 3. The molecule has 0 aliphatic heterocycles.